The molecule has 1 aliphatic carbocycles. The number of nitrogens with zero attached hydrogens (tertiary/aromatic N) is 3. The molecule has 2 aromatic heterocycles. The molecule has 2 aliphatic rings. The lowest BCUT2D eigenvalue weighted by molar-refractivity contribution is -0.129. The second-order valence-electron chi connectivity index (χ2n) is 7.92. The van der Waals surface area contributed by atoms with Crippen LogP contribution in [0.4, 0.5) is 0 Å². The van der Waals surface area contributed by atoms with Crippen LogP contribution in [0.15, 0.2) is 22.6 Å². The highest BCUT2D eigenvalue weighted by atomic mass is 32.2. The summed E-state index contributed by atoms with van der Waals surface area (Å²) >= 11 is 3.06. The van der Waals surface area contributed by atoms with Crippen molar-refractivity contribution in [2.24, 2.45) is 5.92 Å². The van der Waals surface area contributed by atoms with E-state index in [1.54, 1.807) is 22.0 Å². The fourth-order valence-electron chi connectivity index (χ4n) is 4.19. The Kier molecular flexibility index (Phi) is 5.65. The lowest BCUT2D eigenvalue weighted by Crippen LogP contribution is -2.34. The Labute approximate surface area is 173 Å². The van der Waals surface area contributed by atoms with Crippen LogP contribution in [0, 0.1) is 5.92 Å². The summed E-state index contributed by atoms with van der Waals surface area (Å²) in [6.07, 6.45) is 6.99. The third kappa shape index (κ3) is 3.54. The molecule has 4 rings (SSSR count). The molecule has 3 heterocycles. The van der Waals surface area contributed by atoms with Crippen molar-refractivity contribution in [1.29, 1.82) is 0 Å². The Morgan fingerprint density at radius 1 is 1.43 bits per heavy atom. The molecular formula is C21H27N3O2S2. The van der Waals surface area contributed by atoms with Gasteiger partial charge in [-0.25, -0.2) is 4.98 Å². The van der Waals surface area contributed by atoms with Crippen LogP contribution in [0.5, 0.6) is 0 Å². The molecule has 0 unspecified atom stereocenters. The third-order valence-electron chi connectivity index (χ3n) is 5.74. The minimum atomic E-state index is -0.256. The van der Waals surface area contributed by atoms with Crippen molar-refractivity contribution in [3.8, 4) is 0 Å². The molecule has 0 aromatic carbocycles. The van der Waals surface area contributed by atoms with Crippen molar-refractivity contribution in [2.75, 3.05) is 13.1 Å². The molecule has 7 heteroatoms. The van der Waals surface area contributed by atoms with E-state index < -0.39 is 0 Å². The normalized spacial score (nSPS) is 20.4. The Morgan fingerprint density at radius 2 is 2.18 bits per heavy atom. The number of hydrogen-bond acceptors (Lipinski definition) is 5. The van der Waals surface area contributed by atoms with Gasteiger partial charge in [0.2, 0.25) is 5.91 Å². The maximum Gasteiger partial charge on any atom is 0.263 e. The van der Waals surface area contributed by atoms with Gasteiger partial charge in [0.1, 0.15) is 4.83 Å². The molecule has 5 nitrogen and oxygen atoms in total. The fraction of sp³-hybridized carbons (Fsp3) is 0.571. The van der Waals surface area contributed by atoms with Gasteiger partial charge in [-0.1, -0.05) is 24.8 Å². The largest absolute Gasteiger partial charge is 0.342 e. The molecule has 2 aromatic rings. The van der Waals surface area contributed by atoms with E-state index >= 15 is 0 Å². The Hall–Kier alpha value is -1.60. The number of fused-ring (bicyclic) bond motifs is 3. The summed E-state index contributed by atoms with van der Waals surface area (Å²) in [4.78, 5) is 35.0. The van der Waals surface area contributed by atoms with E-state index in [2.05, 4.69) is 13.5 Å². The van der Waals surface area contributed by atoms with Crippen LogP contribution in [0.25, 0.3) is 10.2 Å². The van der Waals surface area contributed by atoms with Crippen LogP contribution in [-0.2, 0) is 24.2 Å². The molecule has 1 fully saturated rings. The molecule has 0 radical (unpaired) electrons. The Balaban J connectivity index is 1.73. The molecule has 0 saturated carbocycles. The zero-order valence-corrected chi connectivity index (χ0v) is 18.2. The average molecular weight is 418 g/mol. The van der Waals surface area contributed by atoms with Gasteiger partial charge in [0.15, 0.2) is 5.16 Å². The molecule has 28 heavy (non-hydrogen) atoms. The van der Waals surface area contributed by atoms with Gasteiger partial charge in [0.05, 0.1) is 10.6 Å². The molecule has 1 aliphatic heterocycles. The van der Waals surface area contributed by atoms with Crippen LogP contribution in [-0.4, -0.2) is 38.7 Å². The van der Waals surface area contributed by atoms with Crippen molar-refractivity contribution in [1.82, 2.24) is 14.5 Å². The van der Waals surface area contributed by atoms with Crippen LogP contribution in [0.1, 0.15) is 43.6 Å². The second kappa shape index (κ2) is 8.03. The lowest BCUT2D eigenvalue weighted by Gasteiger charge is -2.20. The minimum absolute atomic E-state index is 0.0141. The summed E-state index contributed by atoms with van der Waals surface area (Å²) in [6, 6.07) is 0. The summed E-state index contributed by atoms with van der Waals surface area (Å²) < 4.78 is 1.69. The monoisotopic (exact) mass is 417 g/mol. The van der Waals surface area contributed by atoms with Gasteiger partial charge in [0, 0.05) is 24.5 Å². The quantitative estimate of drug-likeness (QED) is 0.421. The number of aromatic nitrogens is 2. The number of thiophene rings is 1. The molecule has 2 atom stereocenters. The highest BCUT2D eigenvalue weighted by Gasteiger charge is 2.28. The van der Waals surface area contributed by atoms with Crippen molar-refractivity contribution in [3.05, 3.63) is 33.4 Å². The molecule has 150 valence electrons. The fourth-order valence-corrected chi connectivity index (χ4v) is 6.61. The first kappa shape index (κ1) is 19.7. The highest BCUT2D eigenvalue weighted by Crippen LogP contribution is 2.37. The Morgan fingerprint density at radius 3 is 2.89 bits per heavy atom. The molecule has 1 saturated heterocycles. The number of likely N-dealkylation sites (tertiary alicyclic amines) is 1. The number of amides is 1. The first-order chi connectivity index (χ1) is 13.5. The average Bonchev–Trinajstić information content (AvgIpc) is 3.31. The first-order valence-electron chi connectivity index (χ1n) is 10.1. The first-order valence-corrected chi connectivity index (χ1v) is 11.8. The maximum absolute atomic E-state index is 13.3. The zero-order chi connectivity index (χ0) is 19.8. The van der Waals surface area contributed by atoms with E-state index in [0.717, 1.165) is 55.4 Å². The molecule has 1 amide bonds. The third-order valence-corrected chi connectivity index (χ3v) is 7.97. The topological polar surface area (TPSA) is 55.2 Å². The smallest absolute Gasteiger partial charge is 0.263 e. The van der Waals surface area contributed by atoms with Gasteiger partial charge in [-0.2, -0.15) is 0 Å². The van der Waals surface area contributed by atoms with Crippen molar-refractivity contribution < 1.29 is 4.79 Å². The van der Waals surface area contributed by atoms with E-state index in [1.165, 1.54) is 22.2 Å². The summed E-state index contributed by atoms with van der Waals surface area (Å²) in [5.74, 6) is 0.796. The molecule has 0 bridgehead atoms. The second-order valence-corrected chi connectivity index (χ2v) is 10.3. The van der Waals surface area contributed by atoms with E-state index in [4.69, 9.17) is 4.98 Å². The van der Waals surface area contributed by atoms with Gasteiger partial charge in [-0.15, -0.1) is 17.9 Å². The number of aryl methyl sites for hydroxylation is 1. The maximum atomic E-state index is 13.3. The van der Waals surface area contributed by atoms with E-state index in [9.17, 15) is 9.59 Å². The van der Waals surface area contributed by atoms with Gasteiger partial charge in [0.25, 0.3) is 5.56 Å². The van der Waals surface area contributed by atoms with E-state index in [-0.39, 0.29) is 16.7 Å². The zero-order valence-electron chi connectivity index (χ0n) is 16.6. The van der Waals surface area contributed by atoms with Crippen molar-refractivity contribution >= 4 is 39.2 Å². The summed E-state index contributed by atoms with van der Waals surface area (Å²) in [7, 11) is 0. The lowest BCUT2D eigenvalue weighted by atomic mass is 9.89. The Bertz CT molecular complexity index is 972. The molecule has 0 spiro atoms. The van der Waals surface area contributed by atoms with Gasteiger partial charge in [-0.3, -0.25) is 14.2 Å². The number of carbonyl (C=O) groups is 1. The number of thioether (sulfide) groups is 1. The number of allylic oxidation sites excluding steroid dienone is 1. The summed E-state index contributed by atoms with van der Waals surface area (Å²) in [5, 5.41) is 1.16. The van der Waals surface area contributed by atoms with Crippen LogP contribution in [0.2, 0.25) is 0 Å². The SMILES string of the molecule is C=CCn1c(S[C@@H](C)C(=O)N2CCCC2)nc2sc3c(c2c1=O)CC[C@@H](C)C3. The summed E-state index contributed by atoms with van der Waals surface area (Å²) in [6.45, 7) is 10.1. The minimum Gasteiger partial charge on any atom is -0.342 e. The molecule has 0 N–H and O–H groups in total. The van der Waals surface area contributed by atoms with Gasteiger partial charge in [-0.05, 0) is 50.5 Å². The van der Waals surface area contributed by atoms with Crippen LogP contribution < -0.4 is 5.56 Å². The van der Waals surface area contributed by atoms with E-state index in [1.807, 2.05) is 11.8 Å². The standard InChI is InChI=1S/C21H27N3O2S2/c1-4-9-24-20(26)17-15-8-7-13(2)12-16(15)28-18(17)22-21(24)27-14(3)19(25)23-10-5-6-11-23/h4,13-14H,1,5-12H2,2-3H3/t13-,14+/m1/s1. The van der Waals surface area contributed by atoms with Crippen molar-refractivity contribution in [3.63, 3.8) is 0 Å². The van der Waals surface area contributed by atoms with Crippen LogP contribution in [0.3, 0.4) is 0 Å². The number of rotatable bonds is 5. The predicted molar refractivity (Wildman–Crippen MR) is 116 cm³/mol. The summed E-state index contributed by atoms with van der Waals surface area (Å²) in [5.41, 5.74) is 1.21. The van der Waals surface area contributed by atoms with Crippen molar-refractivity contribution in [2.45, 2.75) is 62.9 Å². The van der Waals surface area contributed by atoms with Crippen LogP contribution >= 0.6 is 23.1 Å². The molecular weight excluding hydrogens is 390 g/mol. The van der Waals surface area contributed by atoms with Gasteiger partial charge >= 0.3 is 0 Å². The number of hydrogen-bond donors (Lipinski definition) is 0. The number of carbonyl (C=O) groups excluding carboxylic acids is 1. The predicted octanol–water partition coefficient (Wildman–Crippen LogP) is 3.87. The highest BCUT2D eigenvalue weighted by molar-refractivity contribution is 8.00. The van der Waals surface area contributed by atoms with E-state index in [0.29, 0.717) is 17.6 Å². The van der Waals surface area contributed by atoms with Gasteiger partial charge < -0.3 is 4.90 Å².